The smallest absolute Gasteiger partial charge is 0.185 e. The highest BCUT2D eigenvalue weighted by atomic mass is 28.4. The van der Waals surface area contributed by atoms with Gasteiger partial charge in [-0.2, -0.15) is 0 Å². The van der Waals surface area contributed by atoms with E-state index in [0.29, 0.717) is 11.3 Å². The first kappa shape index (κ1) is 19.2. The fourth-order valence-electron chi connectivity index (χ4n) is 3.53. The molecule has 7 heteroatoms. The van der Waals surface area contributed by atoms with Crippen molar-refractivity contribution in [2.75, 3.05) is 0 Å². The highest BCUT2D eigenvalue weighted by Gasteiger charge is 2.56. The zero-order valence-corrected chi connectivity index (χ0v) is 16.9. The summed E-state index contributed by atoms with van der Waals surface area (Å²) in [6.45, 7) is 7.89. The van der Waals surface area contributed by atoms with Crippen LogP contribution in [0.4, 0.5) is 0 Å². The lowest BCUT2D eigenvalue weighted by molar-refractivity contribution is 0.0127. The average Bonchev–Trinajstić information content (AvgIpc) is 2.63. The lowest BCUT2D eigenvalue weighted by atomic mass is 9.76. The molecular weight excluding hydrogens is 358 g/mol. The van der Waals surface area contributed by atoms with Gasteiger partial charge in [-0.3, -0.25) is 4.79 Å². The Labute approximate surface area is 159 Å². The summed E-state index contributed by atoms with van der Waals surface area (Å²) in [5.41, 5.74) is 9.01. The average molecular weight is 382 g/mol. The van der Waals surface area contributed by atoms with Crippen LogP contribution in [0.15, 0.2) is 59.7 Å². The third-order valence-corrected chi connectivity index (χ3v) is 5.66. The van der Waals surface area contributed by atoms with Crippen LogP contribution in [0.25, 0.3) is 10.4 Å². The Morgan fingerprint density at radius 2 is 1.78 bits per heavy atom. The number of hydrogen-bond donors (Lipinski definition) is 0. The van der Waals surface area contributed by atoms with E-state index in [1.54, 1.807) is 25.1 Å². The molecule has 3 unspecified atom stereocenters. The van der Waals surface area contributed by atoms with Gasteiger partial charge in [0.1, 0.15) is 11.9 Å². The van der Waals surface area contributed by atoms with Crippen molar-refractivity contribution in [1.29, 1.82) is 0 Å². The minimum atomic E-state index is -2.02. The van der Waals surface area contributed by atoms with Gasteiger partial charge >= 0.3 is 0 Å². The molecule has 140 valence electrons. The molecule has 0 saturated carbocycles. The maximum atomic E-state index is 13.6. The van der Waals surface area contributed by atoms with Crippen LogP contribution in [0.3, 0.4) is 0 Å². The van der Waals surface area contributed by atoms with Gasteiger partial charge in [0, 0.05) is 4.91 Å². The predicted molar refractivity (Wildman–Crippen MR) is 106 cm³/mol. The number of rotatable bonds is 5. The van der Waals surface area contributed by atoms with Gasteiger partial charge in [0.25, 0.3) is 0 Å². The molecule has 0 fully saturated rings. The molecule has 6 nitrogen and oxygen atoms in total. The molecule has 0 N–H and O–H groups in total. The summed E-state index contributed by atoms with van der Waals surface area (Å²) >= 11 is 0. The molecule has 2 aromatic carbocycles. The minimum absolute atomic E-state index is 0.276. The third-order valence-electron chi connectivity index (χ3n) is 4.60. The van der Waals surface area contributed by atoms with Gasteiger partial charge in [-0.25, -0.2) is 0 Å². The summed E-state index contributed by atoms with van der Waals surface area (Å²) in [6.07, 6.45) is -1.42. The second-order valence-corrected chi connectivity index (χ2v) is 12.1. The number of benzene rings is 2. The number of azide groups is 1. The molecule has 0 aromatic heterocycles. The number of para-hydroxylation sites is 1. The second kappa shape index (κ2) is 7.19. The largest absolute Gasteiger partial charge is 0.484 e. The number of hydrogen-bond acceptors (Lipinski definition) is 4. The van der Waals surface area contributed by atoms with Gasteiger partial charge in [0.15, 0.2) is 19.6 Å². The number of nitrogens with zero attached hydrogens (tertiary/aromatic N) is 3. The molecule has 0 aliphatic carbocycles. The zero-order valence-electron chi connectivity index (χ0n) is 15.9. The van der Waals surface area contributed by atoms with E-state index < -0.39 is 26.1 Å². The molecule has 0 amide bonds. The molecule has 0 bridgehead atoms. The molecule has 3 atom stereocenters. The van der Waals surface area contributed by atoms with Crippen molar-refractivity contribution in [3.8, 4) is 5.75 Å². The summed E-state index contributed by atoms with van der Waals surface area (Å²) in [4.78, 5) is 16.7. The minimum Gasteiger partial charge on any atom is -0.484 e. The van der Waals surface area contributed by atoms with Crippen LogP contribution in [-0.2, 0) is 4.43 Å². The second-order valence-electron chi connectivity index (χ2n) is 7.62. The van der Waals surface area contributed by atoms with Gasteiger partial charge in [-0.05, 0) is 49.8 Å². The zero-order chi connectivity index (χ0) is 19.7. The number of ketones is 1. The Hall–Kier alpha value is -2.60. The molecule has 1 heterocycles. The Kier molecular flexibility index (Phi) is 5.11. The molecule has 0 spiro atoms. The van der Waals surface area contributed by atoms with Crippen LogP contribution in [0.1, 0.15) is 28.9 Å². The number of carbonyl (C=O) groups excluding carboxylic acids is 1. The maximum absolute atomic E-state index is 13.6. The maximum Gasteiger partial charge on any atom is 0.185 e. The molecule has 1 aliphatic heterocycles. The Morgan fingerprint density at radius 3 is 2.41 bits per heavy atom. The van der Waals surface area contributed by atoms with E-state index in [4.69, 9.17) is 9.16 Å². The van der Waals surface area contributed by atoms with Crippen LogP contribution in [0.2, 0.25) is 19.6 Å². The van der Waals surface area contributed by atoms with E-state index >= 15 is 0 Å². The normalized spacial score (nSPS) is 23.0. The van der Waals surface area contributed by atoms with E-state index in [-0.39, 0.29) is 5.78 Å². The van der Waals surface area contributed by atoms with Gasteiger partial charge in [0.05, 0.1) is 11.7 Å². The topological polar surface area (TPSA) is 84.3 Å². The molecule has 0 saturated heterocycles. The summed E-state index contributed by atoms with van der Waals surface area (Å²) in [5, 5.41) is 4.04. The molecular formula is C20H23N3O3Si. The molecule has 2 aromatic rings. The lowest BCUT2D eigenvalue weighted by Crippen LogP contribution is -2.58. The van der Waals surface area contributed by atoms with Gasteiger partial charge in [0.2, 0.25) is 0 Å². The predicted octanol–water partition coefficient (Wildman–Crippen LogP) is 5.29. The number of ether oxygens (including phenoxy) is 1. The molecule has 27 heavy (non-hydrogen) atoms. The van der Waals surface area contributed by atoms with Crippen molar-refractivity contribution >= 4 is 14.1 Å². The Morgan fingerprint density at radius 1 is 1.15 bits per heavy atom. The standard InChI is InChI=1S/C20H23N3O3Si/c1-14(26-27(2,3)4)20(22-23-21)18(24)16-12-8-9-13-17(16)25-19(20)15-10-6-5-7-11-15/h5-14,19H,1-4H3. The summed E-state index contributed by atoms with van der Waals surface area (Å²) in [7, 11) is -2.02. The van der Waals surface area contributed by atoms with Crippen molar-refractivity contribution in [1.82, 2.24) is 0 Å². The molecule has 1 aliphatic rings. The van der Waals surface area contributed by atoms with Crippen LogP contribution < -0.4 is 4.74 Å². The Bertz CT molecular complexity index is 891. The van der Waals surface area contributed by atoms with Crippen LogP contribution >= 0.6 is 0 Å². The number of Topliss-reactive ketones (excluding diaryl/α,β-unsaturated/α-hetero) is 1. The highest BCUT2D eigenvalue weighted by molar-refractivity contribution is 6.69. The fraction of sp³-hybridized carbons (Fsp3) is 0.350. The van der Waals surface area contributed by atoms with E-state index in [9.17, 15) is 10.3 Å². The summed E-state index contributed by atoms with van der Waals surface area (Å²) < 4.78 is 12.5. The monoisotopic (exact) mass is 381 g/mol. The van der Waals surface area contributed by atoms with E-state index in [2.05, 4.69) is 10.0 Å². The van der Waals surface area contributed by atoms with Crippen molar-refractivity contribution in [2.45, 2.75) is 44.3 Å². The van der Waals surface area contributed by atoms with Gasteiger partial charge in [-0.15, -0.1) is 0 Å². The van der Waals surface area contributed by atoms with E-state index in [1.165, 1.54) is 0 Å². The van der Waals surface area contributed by atoms with Gasteiger partial charge in [-0.1, -0.05) is 47.6 Å². The third kappa shape index (κ3) is 3.49. The first-order valence-electron chi connectivity index (χ1n) is 8.89. The number of fused-ring (bicyclic) bond motifs is 1. The van der Waals surface area contributed by atoms with Crippen LogP contribution in [0.5, 0.6) is 5.75 Å². The first-order valence-corrected chi connectivity index (χ1v) is 12.3. The van der Waals surface area contributed by atoms with Crippen molar-refractivity contribution < 1.29 is 14.0 Å². The first-order chi connectivity index (χ1) is 12.8. The lowest BCUT2D eigenvalue weighted by Gasteiger charge is -2.45. The van der Waals surface area contributed by atoms with Crippen molar-refractivity contribution in [3.05, 3.63) is 76.2 Å². The SMILES string of the molecule is CC(O[Si](C)(C)C)C1(N=[N+]=[N-])C(=O)c2ccccc2OC1c1ccccc1. The number of carbonyl (C=O) groups is 1. The summed E-state index contributed by atoms with van der Waals surface area (Å²) in [5.74, 6) is 0.210. The highest BCUT2D eigenvalue weighted by Crippen LogP contribution is 2.46. The fourth-order valence-corrected chi connectivity index (χ4v) is 4.77. The van der Waals surface area contributed by atoms with Crippen LogP contribution in [-0.4, -0.2) is 25.7 Å². The van der Waals surface area contributed by atoms with Crippen molar-refractivity contribution in [3.63, 3.8) is 0 Å². The van der Waals surface area contributed by atoms with Crippen molar-refractivity contribution in [2.24, 2.45) is 5.11 Å². The quantitative estimate of drug-likeness (QED) is 0.305. The van der Waals surface area contributed by atoms with E-state index in [0.717, 1.165) is 5.56 Å². The molecule has 0 radical (unpaired) electrons. The van der Waals surface area contributed by atoms with Crippen LogP contribution in [0, 0.1) is 0 Å². The molecule has 3 rings (SSSR count). The van der Waals surface area contributed by atoms with Gasteiger partial charge < -0.3 is 9.16 Å². The summed E-state index contributed by atoms with van der Waals surface area (Å²) in [6, 6.07) is 16.4. The Balaban J connectivity index is 2.24. The van der Waals surface area contributed by atoms with E-state index in [1.807, 2.05) is 56.0 Å².